The maximum absolute atomic E-state index is 11.2. The fourth-order valence-electron chi connectivity index (χ4n) is 1.61. The molecule has 0 amide bonds. The highest BCUT2D eigenvalue weighted by atomic mass is 32.2. The zero-order chi connectivity index (χ0) is 17.9. The van der Waals surface area contributed by atoms with Gasteiger partial charge in [-0.15, -0.1) is 0 Å². The quantitative estimate of drug-likeness (QED) is 0.439. The molecule has 2 rings (SSSR count). The molecular formula is C11H9N5O7S. The van der Waals surface area contributed by atoms with Crippen molar-refractivity contribution in [3.05, 3.63) is 56.3 Å². The lowest BCUT2D eigenvalue weighted by Gasteiger charge is -2.03. The van der Waals surface area contributed by atoms with Crippen LogP contribution in [0.4, 0.5) is 17.3 Å². The fraction of sp³-hybridized carbons (Fsp3) is 0. The number of anilines is 1. The number of hydrazone groups is 1. The Balaban J connectivity index is 2.24. The Hall–Kier alpha value is -3.32. The van der Waals surface area contributed by atoms with E-state index in [2.05, 4.69) is 10.5 Å². The Labute approximate surface area is 133 Å². The van der Waals surface area contributed by atoms with Gasteiger partial charge < -0.3 is 4.42 Å². The number of benzene rings is 1. The Morgan fingerprint density at radius 1 is 1.17 bits per heavy atom. The Bertz CT molecular complexity index is 934. The lowest BCUT2D eigenvalue weighted by Crippen LogP contribution is -2.12. The summed E-state index contributed by atoms with van der Waals surface area (Å²) in [5.41, 5.74) is 1.65. The van der Waals surface area contributed by atoms with Gasteiger partial charge >= 0.3 is 5.88 Å². The SMILES string of the molecule is NS(=O)(=O)c1ccc(N/N=C/c2ccc([N+](=O)[O-])o2)c([N+](=O)[O-])c1. The van der Waals surface area contributed by atoms with Crippen molar-refractivity contribution in [2.24, 2.45) is 10.2 Å². The number of nitro benzene ring substituents is 1. The number of nitro groups is 2. The van der Waals surface area contributed by atoms with Gasteiger partial charge in [-0.1, -0.05) is 0 Å². The van der Waals surface area contributed by atoms with E-state index in [4.69, 9.17) is 9.56 Å². The van der Waals surface area contributed by atoms with Crippen LogP contribution in [0, 0.1) is 20.2 Å². The first-order valence-corrected chi connectivity index (χ1v) is 7.57. The van der Waals surface area contributed by atoms with Gasteiger partial charge in [0.25, 0.3) is 5.69 Å². The standard InChI is InChI=1S/C11H9N5O7S/c12-24(21,22)8-2-3-9(10(5-8)15(17)18)14-13-6-7-1-4-11(23-7)16(19)20/h1-6,14H,(H2,12,21,22)/b13-6+. The van der Waals surface area contributed by atoms with E-state index in [1.807, 2.05) is 0 Å². The van der Waals surface area contributed by atoms with Gasteiger partial charge in [-0.2, -0.15) is 5.10 Å². The molecule has 0 aliphatic carbocycles. The molecule has 1 heterocycles. The minimum absolute atomic E-state index is 0.0398. The van der Waals surface area contributed by atoms with Crippen LogP contribution in [0.25, 0.3) is 0 Å². The minimum Gasteiger partial charge on any atom is -0.400 e. The first-order chi connectivity index (χ1) is 11.2. The second-order valence-electron chi connectivity index (χ2n) is 4.28. The molecule has 12 nitrogen and oxygen atoms in total. The topological polar surface area (TPSA) is 184 Å². The number of nitrogens with zero attached hydrogens (tertiary/aromatic N) is 3. The second kappa shape index (κ2) is 6.43. The predicted molar refractivity (Wildman–Crippen MR) is 81.0 cm³/mol. The molecule has 0 atom stereocenters. The predicted octanol–water partition coefficient (Wildman–Crippen LogP) is 1.19. The molecule has 0 saturated heterocycles. The monoisotopic (exact) mass is 355 g/mol. The molecule has 126 valence electrons. The molecular weight excluding hydrogens is 346 g/mol. The molecule has 13 heteroatoms. The molecule has 0 saturated carbocycles. The summed E-state index contributed by atoms with van der Waals surface area (Å²) < 4.78 is 27.2. The van der Waals surface area contributed by atoms with Crippen LogP contribution in [0.1, 0.15) is 5.76 Å². The summed E-state index contributed by atoms with van der Waals surface area (Å²) in [5, 5.41) is 30.0. The van der Waals surface area contributed by atoms with Gasteiger partial charge in [-0.25, -0.2) is 13.6 Å². The summed E-state index contributed by atoms with van der Waals surface area (Å²) in [6.07, 6.45) is 1.06. The zero-order valence-corrected chi connectivity index (χ0v) is 12.5. The highest BCUT2D eigenvalue weighted by Crippen LogP contribution is 2.27. The van der Waals surface area contributed by atoms with Crippen molar-refractivity contribution in [1.82, 2.24) is 0 Å². The molecule has 1 aromatic carbocycles. The maximum atomic E-state index is 11.2. The van der Waals surface area contributed by atoms with E-state index < -0.39 is 36.3 Å². The summed E-state index contributed by atoms with van der Waals surface area (Å²) in [6, 6.07) is 5.36. The average molecular weight is 355 g/mol. The Morgan fingerprint density at radius 3 is 2.42 bits per heavy atom. The first kappa shape index (κ1) is 17.0. The van der Waals surface area contributed by atoms with Crippen LogP contribution < -0.4 is 10.6 Å². The molecule has 24 heavy (non-hydrogen) atoms. The van der Waals surface area contributed by atoms with Crippen molar-refractivity contribution in [3.63, 3.8) is 0 Å². The zero-order valence-electron chi connectivity index (χ0n) is 11.6. The van der Waals surface area contributed by atoms with Gasteiger partial charge in [-0.05, 0) is 18.2 Å². The molecule has 1 aromatic heterocycles. The van der Waals surface area contributed by atoms with Crippen molar-refractivity contribution in [3.8, 4) is 0 Å². The number of sulfonamides is 1. The van der Waals surface area contributed by atoms with Crippen LogP contribution in [-0.4, -0.2) is 24.5 Å². The van der Waals surface area contributed by atoms with Crippen molar-refractivity contribution in [1.29, 1.82) is 0 Å². The highest BCUT2D eigenvalue weighted by Gasteiger charge is 2.19. The van der Waals surface area contributed by atoms with Crippen molar-refractivity contribution >= 4 is 33.5 Å². The van der Waals surface area contributed by atoms with Gasteiger partial charge in [0.15, 0.2) is 5.76 Å². The maximum Gasteiger partial charge on any atom is 0.433 e. The van der Waals surface area contributed by atoms with Crippen molar-refractivity contribution in [2.45, 2.75) is 4.90 Å². The normalized spacial score (nSPS) is 11.5. The number of nitrogens with two attached hydrogens (primary N) is 1. The first-order valence-electron chi connectivity index (χ1n) is 6.03. The van der Waals surface area contributed by atoms with Gasteiger partial charge in [-0.3, -0.25) is 25.7 Å². The van der Waals surface area contributed by atoms with Crippen molar-refractivity contribution in [2.75, 3.05) is 5.43 Å². The van der Waals surface area contributed by atoms with E-state index in [1.165, 1.54) is 6.07 Å². The number of rotatable bonds is 6. The van der Waals surface area contributed by atoms with Gasteiger partial charge in [0.05, 0.1) is 22.1 Å². The molecule has 0 aliphatic rings. The summed E-state index contributed by atoms with van der Waals surface area (Å²) in [7, 11) is -4.09. The fourth-order valence-corrected chi connectivity index (χ4v) is 2.14. The van der Waals surface area contributed by atoms with E-state index in [-0.39, 0.29) is 11.4 Å². The number of primary sulfonamides is 1. The third-order valence-electron chi connectivity index (χ3n) is 2.66. The van der Waals surface area contributed by atoms with Crippen LogP contribution >= 0.6 is 0 Å². The van der Waals surface area contributed by atoms with E-state index in [0.717, 1.165) is 30.5 Å². The highest BCUT2D eigenvalue weighted by molar-refractivity contribution is 7.89. The molecule has 0 aliphatic heterocycles. The van der Waals surface area contributed by atoms with E-state index in [1.54, 1.807) is 0 Å². The molecule has 0 fully saturated rings. The van der Waals surface area contributed by atoms with Gasteiger partial charge in [0.1, 0.15) is 10.6 Å². The molecule has 0 spiro atoms. The largest absolute Gasteiger partial charge is 0.433 e. The summed E-state index contributed by atoms with van der Waals surface area (Å²) in [4.78, 5) is 19.5. The number of furan rings is 1. The lowest BCUT2D eigenvalue weighted by molar-refractivity contribution is -0.402. The smallest absolute Gasteiger partial charge is 0.400 e. The third kappa shape index (κ3) is 3.90. The summed E-state index contributed by atoms with van der Waals surface area (Å²) in [6.45, 7) is 0. The van der Waals surface area contributed by atoms with Crippen LogP contribution in [-0.2, 0) is 10.0 Å². The minimum atomic E-state index is -4.09. The van der Waals surface area contributed by atoms with Crippen LogP contribution in [0.2, 0.25) is 0 Å². The summed E-state index contributed by atoms with van der Waals surface area (Å²) >= 11 is 0. The molecule has 0 radical (unpaired) electrons. The van der Waals surface area contributed by atoms with E-state index in [9.17, 15) is 28.6 Å². The molecule has 0 unspecified atom stereocenters. The third-order valence-corrected chi connectivity index (χ3v) is 3.57. The van der Waals surface area contributed by atoms with E-state index >= 15 is 0 Å². The van der Waals surface area contributed by atoms with Crippen LogP contribution in [0.15, 0.2) is 44.7 Å². The van der Waals surface area contributed by atoms with E-state index in [0.29, 0.717) is 0 Å². The Kier molecular flexibility index (Phi) is 4.57. The Morgan fingerprint density at radius 2 is 1.88 bits per heavy atom. The molecule has 0 bridgehead atoms. The van der Waals surface area contributed by atoms with Gasteiger partial charge in [0.2, 0.25) is 10.0 Å². The number of hydrogen-bond acceptors (Lipinski definition) is 9. The van der Waals surface area contributed by atoms with Gasteiger partial charge in [0, 0.05) is 6.07 Å². The molecule has 3 N–H and O–H groups in total. The van der Waals surface area contributed by atoms with Crippen LogP contribution in [0.3, 0.4) is 0 Å². The molecule has 2 aromatic rings. The number of nitrogens with one attached hydrogen (secondary N) is 1. The van der Waals surface area contributed by atoms with Crippen molar-refractivity contribution < 1.29 is 22.7 Å². The summed E-state index contributed by atoms with van der Waals surface area (Å²) in [5.74, 6) is -0.446. The second-order valence-corrected chi connectivity index (χ2v) is 5.85. The number of hydrogen-bond donors (Lipinski definition) is 2. The van der Waals surface area contributed by atoms with Crippen LogP contribution in [0.5, 0.6) is 0 Å². The lowest BCUT2D eigenvalue weighted by atomic mass is 10.3. The average Bonchev–Trinajstić information content (AvgIpc) is 2.95.